The molecule has 1 aromatic rings. The van der Waals surface area contributed by atoms with Crippen molar-refractivity contribution in [1.29, 1.82) is 0 Å². The van der Waals surface area contributed by atoms with Gasteiger partial charge >= 0.3 is 0 Å². The van der Waals surface area contributed by atoms with E-state index in [4.69, 9.17) is 5.73 Å². The molecular weight excluding hydrogens is 213 g/mol. The van der Waals surface area contributed by atoms with E-state index in [1.807, 2.05) is 0 Å². The minimum atomic E-state index is -1.09. The molecular formula is C15H22FN. The fraction of sp³-hybridized carbons (Fsp3) is 0.600. The lowest BCUT2D eigenvalue weighted by molar-refractivity contribution is 0.0963. The molecule has 2 atom stereocenters. The Balaban J connectivity index is 2.16. The Hall–Kier alpha value is -0.890. The summed E-state index contributed by atoms with van der Waals surface area (Å²) in [6.07, 6.45) is 3.59. The number of nitrogens with two attached hydrogens (primary N) is 1. The lowest BCUT2D eigenvalue weighted by atomic mass is 9.79. The van der Waals surface area contributed by atoms with Gasteiger partial charge in [-0.2, -0.15) is 0 Å². The molecule has 0 aromatic heterocycles. The topological polar surface area (TPSA) is 26.0 Å². The predicted molar refractivity (Wildman–Crippen MR) is 69.9 cm³/mol. The van der Waals surface area contributed by atoms with Crippen LogP contribution in [0.3, 0.4) is 0 Å². The standard InChI is InChI=1S/C15H22FN/c1-11-5-6-12(2)13(8-11)9-15(16)7-3-4-14(17)10-15/h5-6,8,14H,3-4,7,9-10,17H2,1-2H3. The molecule has 1 nitrogen and oxygen atoms in total. The zero-order valence-electron chi connectivity index (χ0n) is 10.8. The molecule has 1 aliphatic carbocycles. The first-order valence-electron chi connectivity index (χ1n) is 6.49. The van der Waals surface area contributed by atoms with Crippen LogP contribution in [0.25, 0.3) is 0 Å². The van der Waals surface area contributed by atoms with Crippen molar-refractivity contribution in [3.05, 3.63) is 34.9 Å². The van der Waals surface area contributed by atoms with Crippen molar-refractivity contribution in [2.24, 2.45) is 5.73 Å². The predicted octanol–water partition coefficient (Wildman–Crippen LogP) is 3.46. The van der Waals surface area contributed by atoms with Gasteiger partial charge in [-0.1, -0.05) is 23.8 Å². The maximum atomic E-state index is 14.7. The summed E-state index contributed by atoms with van der Waals surface area (Å²) in [5.74, 6) is 0. The van der Waals surface area contributed by atoms with Gasteiger partial charge in [-0.25, -0.2) is 4.39 Å². The van der Waals surface area contributed by atoms with Gasteiger partial charge in [0.25, 0.3) is 0 Å². The number of aryl methyl sites for hydroxylation is 2. The third-order valence-corrected chi connectivity index (χ3v) is 3.84. The number of rotatable bonds is 2. The van der Waals surface area contributed by atoms with E-state index >= 15 is 0 Å². The molecule has 1 fully saturated rings. The highest BCUT2D eigenvalue weighted by molar-refractivity contribution is 5.31. The molecule has 0 saturated heterocycles. The quantitative estimate of drug-likeness (QED) is 0.834. The van der Waals surface area contributed by atoms with E-state index in [9.17, 15) is 4.39 Å². The second-order valence-electron chi connectivity index (χ2n) is 5.61. The summed E-state index contributed by atoms with van der Waals surface area (Å²) < 4.78 is 14.7. The van der Waals surface area contributed by atoms with Crippen LogP contribution in [0.5, 0.6) is 0 Å². The van der Waals surface area contributed by atoms with E-state index in [-0.39, 0.29) is 6.04 Å². The van der Waals surface area contributed by atoms with Crippen LogP contribution in [0.1, 0.15) is 42.4 Å². The number of benzene rings is 1. The maximum absolute atomic E-state index is 14.7. The van der Waals surface area contributed by atoms with Crippen LogP contribution in [0.4, 0.5) is 4.39 Å². The summed E-state index contributed by atoms with van der Waals surface area (Å²) in [4.78, 5) is 0. The average Bonchev–Trinajstić information content (AvgIpc) is 2.22. The van der Waals surface area contributed by atoms with Crippen LogP contribution in [-0.2, 0) is 6.42 Å². The molecule has 1 aromatic carbocycles. The Labute approximate surface area is 103 Å². The zero-order valence-corrected chi connectivity index (χ0v) is 10.8. The molecule has 1 saturated carbocycles. The van der Waals surface area contributed by atoms with Gasteiger partial charge in [0.05, 0.1) is 0 Å². The second kappa shape index (κ2) is 4.77. The summed E-state index contributed by atoms with van der Waals surface area (Å²) in [5.41, 5.74) is 8.34. The molecule has 0 amide bonds. The first-order valence-corrected chi connectivity index (χ1v) is 6.49. The van der Waals surface area contributed by atoms with Crippen molar-refractivity contribution in [2.45, 2.75) is 57.7 Å². The second-order valence-corrected chi connectivity index (χ2v) is 5.61. The molecule has 2 rings (SSSR count). The Kier molecular flexibility index (Phi) is 3.53. The van der Waals surface area contributed by atoms with Crippen LogP contribution in [-0.4, -0.2) is 11.7 Å². The Morgan fingerprint density at radius 1 is 1.41 bits per heavy atom. The highest BCUT2D eigenvalue weighted by Crippen LogP contribution is 2.35. The third-order valence-electron chi connectivity index (χ3n) is 3.84. The SMILES string of the molecule is Cc1ccc(C)c(CC2(F)CCCC(N)C2)c1. The van der Waals surface area contributed by atoms with Gasteiger partial charge in [-0.15, -0.1) is 0 Å². The monoisotopic (exact) mass is 235 g/mol. The summed E-state index contributed by atoms with van der Waals surface area (Å²) in [7, 11) is 0. The molecule has 0 aliphatic heterocycles. The summed E-state index contributed by atoms with van der Waals surface area (Å²) in [6.45, 7) is 4.11. The molecule has 0 spiro atoms. The van der Waals surface area contributed by atoms with Gasteiger partial charge in [-0.3, -0.25) is 0 Å². The summed E-state index contributed by atoms with van der Waals surface area (Å²) >= 11 is 0. The maximum Gasteiger partial charge on any atom is 0.116 e. The van der Waals surface area contributed by atoms with E-state index in [1.54, 1.807) is 0 Å². The molecule has 17 heavy (non-hydrogen) atoms. The third kappa shape index (κ3) is 3.06. The average molecular weight is 235 g/mol. The lowest BCUT2D eigenvalue weighted by Gasteiger charge is -2.33. The van der Waals surface area contributed by atoms with Gasteiger partial charge < -0.3 is 5.73 Å². The summed E-state index contributed by atoms with van der Waals surface area (Å²) in [5, 5.41) is 0. The van der Waals surface area contributed by atoms with E-state index in [0.29, 0.717) is 19.3 Å². The summed E-state index contributed by atoms with van der Waals surface area (Å²) in [6, 6.07) is 6.31. The number of halogens is 1. The van der Waals surface area contributed by atoms with E-state index in [0.717, 1.165) is 18.4 Å². The molecule has 2 unspecified atom stereocenters. The Morgan fingerprint density at radius 3 is 2.88 bits per heavy atom. The van der Waals surface area contributed by atoms with Crippen molar-refractivity contribution in [1.82, 2.24) is 0 Å². The van der Waals surface area contributed by atoms with Crippen molar-refractivity contribution in [2.75, 3.05) is 0 Å². The molecule has 2 N–H and O–H groups in total. The smallest absolute Gasteiger partial charge is 0.116 e. The molecule has 0 radical (unpaired) electrons. The molecule has 94 valence electrons. The largest absolute Gasteiger partial charge is 0.328 e. The lowest BCUT2D eigenvalue weighted by Crippen LogP contribution is -2.39. The molecule has 2 heteroatoms. The number of hydrogen-bond donors (Lipinski definition) is 1. The highest BCUT2D eigenvalue weighted by atomic mass is 19.1. The van der Waals surface area contributed by atoms with Gasteiger partial charge in [0.1, 0.15) is 5.67 Å². The fourth-order valence-electron chi connectivity index (χ4n) is 2.85. The molecule has 0 heterocycles. The Morgan fingerprint density at radius 2 is 2.18 bits per heavy atom. The van der Waals surface area contributed by atoms with Gasteiger partial charge in [-0.05, 0) is 50.7 Å². The Bertz CT molecular complexity index is 402. The van der Waals surface area contributed by atoms with Crippen LogP contribution >= 0.6 is 0 Å². The van der Waals surface area contributed by atoms with Crippen molar-refractivity contribution < 1.29 is 4.39 Å². The fourth-order valence-corrected chi connectivity index (χ4v) is 2.85. The number of hydrogen-bond acceptors (Lipinski definition) is 1. The molecule has 0 bridgehead atoms. The van der Waals surface area contributed by atoms with E-state index in [2.05, 4.69) is 32.0 Å². The van der Waals surface area contributed by atoms with Crippen LogP contribution in [0.2, 0.25) is 0 Å². The van der Waals surface area contributed by atoms with Crippen LogP contribution in [0.15, 0.2) is 18.2 Å². The van der Waals surface area contributed by atoms with E-state index in [1.165, 1.54) is 11.1 Å². The normalized spacial score (nSPS) is 29.3. The van der Waals surface area contributed by atoms with Crippen LogP contribution in [0, 0.1) is 13.8 Å². The van der Waals surface area contributed by atoms with Gasteiger partial charge in [0.2, 0.25) is 0 Å². The first kappa shape index (κ1) is 12.6. The van der Waals surface area contributed by atoms with Crippen LogP contribution < -0.4 is 5.73 Å². The van der Waals surface area contributed by atoms with Gasteiger partial charge in [0, 0.05) is 12.5 Å². The minimum Gasteiger partial charge on any atom is -0.328 e. The molecule has 1 aliphatic rings. The van der Waals surface area contributed by atoms with Gasteiger partial charge in [0.15, 0.2) is 0 Å². The van der Waals surface area contributed by atoms with Crippen molar-refractivity contribution >= 4 is 0 Å². The van der Waals surface area contributed by atoms with E-state index < -0.39 is 5.67 Å². The number of alkyl halides is 1. The van der Waals surface area contributed by atoms with Crippen molar-refractivity contribution in [3.63, 3.8) is 0 Å². The zero-order chi connectivity index (χ0) is 12.5. The van der Waals surface area contributed by atoms with Crippen molar-refractivity contribution in [3.8, 4) is 0 Å². The minimum absolute atomic E-state index is 0.0406. The first-order chi connectivity index (χ1) is 7.98. The highest BCUT2D eigenvalue weighted by Gasteiger charge is 2.35.